The first-order valence-corrected chi connectivity index (χ1v) is 24.9. The van der Waals surface area contributed by atoms with Gasteiger partial charge in [0.25, 0.3) is 0 Å². The SMILES string of the molecule is CC(C)S1(C(C)C)c2cc(N(C)C)ccc2C(=CCCC(=O)NCCOCCOCCOCCOCCC(=O)NCCOCCOCCCCCCCl)c2ccc(N(C)C)cc21. The zero-order valence-corrected chi connectivity index (χ0v) is 40.8. The van der Waals surface area contributed by atoms with Crippen molar-refractivity contribution in [2.45, 2.75) is 92.9 Å². The molecule has 0 unspecified atom stereocenters. The van der Waals surface area contributed by atoms with Crippen LogP contribution in [0.15, 0.2) is 52.3 Å². The Morgan fingerprint density at radius 2 is 1.00 bits per heavy atom. The van der Waals surface area contributed by atoms with Gasteiger partial charge in [-0.2, -0.15) is 10.0 Å². The minimum Gasteiger partial charge on any atom is -0.379 e. The Morgan fingerprint density at radius 3 is 1.45 bits per heavy atom. The van der Waals surface area contributed by atoms with E-state index in [1.807, 2.05) is 0 Å². The molecule has 0 spiro atoms. The molecule has 3 rings (SSSR count). The lowest BCUT2D eigenvalue weighted by atomic mass is 9.95. The summed E-state index contributed by atoms with van der Waals surface area (Å²) in [7, 11) is 7.03. The predicted molar refractivity (Wildman–Crippen MR) is 257 cm³/mol. The van der Waals surface area contributed by atoms with Crippen LogP contribution in [0.5, 0.6) is 0 Å². The Balaban J connectivity index is 1.25. The normalized spacial score (nSPS) is 13.5. The van der Waals surface area contributed by atoms with Crippen LogP contribution in [0.2, 0.25) is 0 Å². The number of unbranched alkanes of at least 4 members (excludes halogenated alkanes) is 3. The van der Waals surface area contributed by atoms with E-state index in [0.29, 0.717) is 109 Å². The molecule has 1 aliphatic heterocycles. The van der Waals surface area contributed by atoms with E-state index in [0.717, 1.165) is 38.2 Å². The lowest BCUT2D eigenvalue weighted by molar-refractivity contribution is -0.123. The average Bonchev–Trinajstić information content (AvgIpc) is 3.24. The highest BCUT2D eigenvalue weighted by Crippen LogP contribution is 2.74. The number of hydrogen-bond acceptors (Lipinski definition) is 10. The molecule has 0 aliphatic carbocycles. The zero-order valence-electron chi connectivity index (χ0n) is 39.2. The average molecular weight is 908 g/mol. The monoisotopic (exact) mass is 907 g/mol. The fourth-order valence-corrected chi connectivity index (χ4v) is 12.8. The van der Waals surface area contributed by atoms with Crippen LogP contribution >= 0.6 is 21.6 Å². The molecular formula is C48H79ClN4O8S. The van der Waals surface area contributed by atoms with Gasteiger partial charge < -0.3 is 48.9 Å². The summed E-state index contributed by atoms with van der Waals surface area (Å²) in [5, 5.41) is 6.72. The van der Waals surface area contributed by atoms with Crippen LogP contribution in [-0.4, -0.2) is 149 Å². The number of hydrogen-bond donors (Lipinski definition) is 2. The number of ether oxygens (including phenoxy) is 6. The van der Waals surface area contributed by atoms with Gasteiger partial charge in [0, 0.05) is 87.8 Å². The number of fused-ring (bicyclic) bond motifs is 2. The molecule has 2 N–H and O–H groups in total. The van der Waals surface area contributed by atoms with Crippen LogP contribution in [-0.2, 0) is 38.0 Å². The summed E-state index contributed by atoms with van der Waals surface area (Å²) in [5.74, 6) is 0.665. The Kier molecular flexibility index (Phi) is 26.1. The number of amides is 2. The van der Waals surface area contributed by atoms with E-state index in [4.69, 9.17) is 40.0 Å². The van der Waals surface area contributed by atoms with Gasteiger partial charge in [-0.1, -0.05) is 58.7 Å². The van der Waals surface area contributed by atoms with Gasteiger partial charge in [-0.15, -0.1) is 11.6 Å². The highest BCUT2D eigenvalue weighted by atomic mass is 35.5. The van der Waals surface area contributed by atoms with E-state index in [9.17, 15) is 9.59 Å². The molecule has 0 atom stereocenters. The van der Waals surface area contributed by atoms with Gasteiger partial charge in [-0.05, 0) is 70.7 Å². The molecule has 2 aromatic rings. The summed E-state index contributed by atoms with van der Waals surface area (Å²) in [6.07, 6.45) is 7.99. The number of rotatable bonds is 34. The van der Waals surface area contributed by atoms with Crippen LogP contribution < -0.4 is 20.4 Å². The first-order valence-electron chi connectivity index (χ1n) is 22.7. The third kappa shape index (κ3) is 17.6. The number of anilines is 2. The third-order valence-electron chi connectivity index (χ3n) is 10.7. The van der Waals surface area contributed by atoms with Gasteiger partial charge in [0.2, 0.25) is 11.8 Å². The van der Waals surface area contributed by atoms with Crippen LogP contribution in [0.25, 0.3) is 5.57 Å². The van der Waals surface area contributed by atoms with Crippen LogP contribution in [0.3, 0.4) is 0 Å². The highest BCUT2D eigenvalue weighted by molar-refractivity contribution is 8.34. The zero-order chi connectivity index (χ0) is 45.2. The summed E-state index contributed by atoms with van der Waals surface area (Å²) in [4.78, 5) is 32.1. The largest absolute Gasteiger partial charge is 0.379 e. The van der Waals surface area contributed by atoms with E-state index in [1.165, 1.54) is 37.9 Å². The van der Waals surface area contributed by atoms with Gasteiger partial charge >= 0.3 is 0 Å². The molecule has 14 heteroatoms. The minimum absolute atomic E-state index is 0.0105. The van der Waals surface area contributed by atoms with E-state index in [1.54, 1.807) is 0 Å². The number of alkyl halides is 1. The number of halogens is 1. The molecule has 352 valence electrons. The number of benzene rings is 2. The summed E-state index contributed by atoms with van der Waals surface area (Å²) >= 11 is 5.67. The number of carbonyl (C=O) groups is 2. The lowest BCUT2D eigenvalue weighted by Crippen LogP contribution is -2.28. The molecule has 0 radical (unpaired) electrons. The van der Waals surface area contributed by atoms with Gasteiger partial charge in [0.15, 0.2) is 0 Å². The molecule has 62 heavy (non-hydrogen) atoms. The number of allylic oxidation sites excluding steroid dienone is 1. The van der Waals surface area contributed by atoms with Gasteiger partial charge in [-0.3, -0.25) is 9.59 Å². The smallest absolute Gasteiger partial charge is 0.222 e. The summed E-state index contributed by atoms with van der Waals surface area (Å²) in [6.45, 7) is 16.1. The van der Waals surface area contributed by atoms with Gasteiger partial charge in [-0.25, -0.2) is 0 Å². The molecule has 1 aliphatic rings. The van der Waals surface area contributed by atoms with Crippen molar-refractivity contribution in [2.75, 3.05) is 136 Å². The van der Waals surface area contributed by atoms with E-state index in [-0.39, 0.29) is 18.2 Å². The van der Waals surface area contributed by atoms with E-state index < -0.39 is 10.0 Å². The molecule has 0 bridgehead atoms. The van der Waals surface area contributed by atoms with Crippen molar-refractivity contribution in [3.05, 3.63) is 53.6 Å². The molecule has 0 aromatic heterocycles. The Hall–Kier alpha value is -2.88. The molecule has 0 saturated heterocycles. The molecule has 2 amide bonds. The van der Waals surface area contributed by atoms with E-state index >= 15 is 0 Å². The Bertz CT molecular complexity index is 1550. The number of nitrogens with zero attached hydrogens (tertiary/aromatic N) is 2. The second-order valence-corrected chi connectivity index (χ2v) is 20.9. The standard InChI is InChI=1S/C48H79ClN4O8S/c1-38(2)62(39(3)4)45-36-40(52(5)6)16-18-43(45)42(44-19-17-41(53(7)8)37-46(44)62)14-13-15-47(54)50-22-26-59-31-33-61-35-34-60-32-29-57-25-20-48(55)51-23-27-58-30-28-56-24-12-10-9-11-21-49/h14,16-19,36-39H,9-13,15,20-35H2,1-8H3,(H,50,54)(H,51,55). The van der Waals surface area contributed by atoms with Gasteiger partial charge in [0.1, 0.15) is 0 Å². The van der Waals surface area contributed by atoms with Crippen molar-refractivity contribution in [3.63, 3.8) is 0 Å². The third-order valence-corrected chi connectivity index (χ3v) is 16.1. The Morgan fingerprint density at radius 1 is 0.581 bits per heavy atom. The fraction of sp³-hybridized carbons (Fsp3) is 0.667. The summed E-state index contributed by atoms with van der Waals surface area (Å²) < 4.78 is 33.3. The fourth-order valence-electron chi connectivity index (χ4n) is 7.58. The van der Waals surface area contributed by atoms with Gasteiger partial charge in [0.05, 0.1) is 72.7 Å². The second-order valence-electron chi connectivity index (χ2n) is 16.3. The molecule has 12 nitrogen and oxygen atoms in total. The van der Waals surface area contributed by atoms with Crippen LogP contribution in [0, 0.1) is 0 Å². The number of carbonyl (C=O) groups excluding carboxylic acids is 2. The van der Waals surface area contributed by atoms with Crippen molar-refractivity contribution >= 4 is 50.4 Å². The van der Waals surface area contributed by atoms with Crippen molar-refractivity contribution in [1.29, 1.82) is 0 Å². The van der Waals surface area contributed by atoms with Crippen LogP contribution in [0.4, 0.5) is 11.4 Å². The van der Waals surface area contributed by atoms with Crippen molar-refractivity contribution in [1.82, 2.24) is 10.6 Å². The van der Waals surface area contributed by atoms with Crippen molar-refractivity contribution in [3.8, 4) is 0 Å². The predicted octanol–water partition coefficient (Wildman–Crippen LogP) is 7.90. The second kappa shape index (κ2) is 30.3. The molecular weight excluding hydrogens is 828 g/mol. The van der Waals surface area contributed by atoms with Crippen LogP contribution in [0.1, 0.15) is 83.8 Å². The maximum Gasteiger partial charge on any atom is 0.222 e. The molecule has 0 saturated carbocycles. The molecule has 1 heterocycles. The first-order chi connectivity index (χ1) is 29.9. The molecule has 0 fully saturated rings. The summed E-state index contributed by atoms with van der Waals surface area (Å²) in [6, 6.07) is 13.9. The Labute approximate surface area is 380 Å². The topological polar surface area (TPSA) is 120 Å². The minimum atomic E-state index is -1.40. The summed E-state index contributed by atoms with van der Waals surface area (Å²) in [5.41, 5.74) is 6.22. The highest BCUT2D eigenvalue weighted by Gasteiger charge is 2.43. The quantitative estimate of drug-likeness (QED) is 0.0530. The lowest BCUT2D eigenvalue weighted by Gasteiger charge is -2.53. The van der Waals surface area contributed by atoms with Crippen molar-refractivity contribution in [2.24, 2.45) is 0 Å². The van der Waals surface area contributed by atoms with Crippen molar-refractivity contribution < 1.29 is 38.0 Å². The maximum atomic E-state index is 12.9. The molecule has 2 aromatic carbocycles. The first kappa shape index (κ1) is 53.5. The maximum absolute atomic E-state index is 12.9. The van der Waals surface area contributed by atoms with E-state index in [2.05, 4.69) is 119 Å². The number of nitrogens with one attached hydrogen (secondary N) is 2.